The number of hydrogen-bond acceptors (Lipinski definition) is 6. The number of fused-ring (bicyclic) bond motifs is 1. The average molecular weight is 441 g/mol. The first kappa shape index (κ1) is 20.0. The van der Waals surface area contributed by atoms with Gasteiger partial charge in [-0.1, -0.05) is 24.3 Å². The normalized spacial score (nSPS) is 17.0. The van der Waals surface area contributed by atoms with Gasteiger partial charge in [0.15, 0.2) is 0 Å². The summed E-state index contributed by atoms with van der Waals surface area (Å²) in [6.45, 7) is 3.18. The van der Waals surface area contributed by atoms with E-state index >= 15 is 0 Å². The van der Waals surface area contributed by atoms with Gasteiger partial charge in [-0.3, -0.25) is 0 Å². The van der Waals surface area contributed by atoms with Gasteiger partial charge in [0.25, 0.3) is 0 Å². The van der Waals surface area contributed by atoms with Crippen molar-refractivity contribution in [2.75, 3.05) is 31.2 Å². The van der Waals surface area contributed by atoms with E-state index < -0.39 is 10.0 Å². The second kappa shape index (κ2) is 7.99. The zero-order valence-corrected chi connectivity index (χ0v) is 17.6. The van der Waals surface area contributed by atoms with Crippen molar-refractivity contribution in [3.05, 3.63) is 71.8 Å². The smallest absolute Gasteiger partial charge is 0.243 e. The molecule has 0 aliphatic carbocycles. The molecule has 9 heteroatoms. The van der Waals surface area contributed by atoms with Gasteiger partial charge in [-0.15, -0.1) is 0 Å². The molecule has 0 radical (unpaired) electrons. The van der Waals surface area contributed by atoms with Crippen LogP contribution in [0.4, 0.5) is 10.3 Å². The molecule has 3 aromatic rings. The minimum Gasteiger partial charge on any atom is -0.378 e. The Morgan fingerprint density at radius 1 is 0.903 bits per heavy atom. The number of benzene rings is 2. The van der Waals surface area contributed by atoms with Crippen molar-refractivity contribution in [1.82, 2.24) is 14.3 Å². The van der Waals surface area contributed by atoms with Crippen LogP contribution in [0.3, 0.4) is 0 Å². The lowest BCUT2D eigenvalue weighted by molar-refractivity contribution is 0.122. The van der Waals surface area contributed by atoms with Gasteiger partial charge in [0.1, 0.15) is 5.82 Å². The number of halogens is 1. The summed E-state index contributed by atoms with van der Waals surface area (Å²) in [5.41, 5.74) is 3.21. The fourth-order valence-corrected chi connectivity index (χ4v) is 5.19. The Hall–Kier alpha value is -2.88. The molecule has 2 aliphatic rings. The molecule has 0 bridgehead atoms. The van der Waals surface area contributed by atoms with Gasteiger partial charge in [-0.25, -0.2) is 22.8 Å². The van der Waals surface area contributed by atoms with Crippen LogP contribution >= 0.6 is 0 Å². The minimum atomic E-state index is -3.68. The summed E-state index contributed by atoms with van der Waals surface area (Å²) in [4.78, 5) is 11.3. The molecule has 0 atom stereocenters. The van der Waals surface area contributed by atoms with E-state index in [2.05, 4.69) is 14.9 Å². The molecule has 2 aliphatic heterocycles. The minimum absolute atomic E-state index is 0.215. The molecular formula is C22H21FN4O3S. The van der Waals surface area contributed by atoms with Crippen LogP contribution in [0.15, 0.2) is 59.6 Å². The molecule has 0 spiro atoms. The number of anilines is 1. The maximum atomic E-state index is 13.2. The molecular weight excluding hydrogens is 419 g/mol. The number of hydrogen-bond donors (Lipinski definition) is 0. The van der Waals surface area contributed by atoms with Crippen LogP contribution < -0.4 is 4.90 Å². The second-order valence-corrected chi connectivity index (χ2v) is 9.48. The first-order chi connectivity index (χ1) is 15.0. The van der Waals surface area contributed by atoms with Crippen molar-refractivity contribution in [3.8, 4) is 11.1 Å². The van der Waals surface area contributed by atoms with Gasteiger partial charge < -0.3 is 9.64 Å². The Balaban J connectivity index is 1.35. The highest BCUT2D eigenvalue weighted by molar-refractivity contribution is 7.89. The molecule has 0 saturated carbocycles. The Kier molecular flexibility index (Phi) is 5.17. The first-order valence-corrected chi connectivity index (χ1v) is 11.5. The summed E-state index contributed by atoms with van der Waals surface area (Å²) in [5.74, 6) is 0.307. The molecule has 31 heavy (non-hydrogen) atoms. The van der Waals surface area contributed by atoms with Crippen LogP contribution in [0.2, 0.25) is 0 Å². The Morgan fingerprint density at radius 3 is 2.23 bits per heavy atom. The molecule has 1 saturated heterocycles. The maximum Gasteiger partial charge on any atom is 0.243 e. The fourth-order valence-electron chi connectivity index (χ4n) is 3.81. The van der Waals surface area contributed by atoms with Crippen LogP contribution in [0.5, 0.6) is 0 Å². The first-order valence-electron chi connectivity index (χ1n) is 10.0. The summed E-state index contributed by atoms with van der Waals surface area (Å²) in [7, 11) is -3.68. The number of morpholine rings is 1. The van der Waals surface area contributed by atoms with Crippen LogP contribution in [-0.2, 0) is 27.8 Å². The van der Waals surface area contributed by atoms with E-state index in [1.807, 2.05) is 0 Å². The Labute approximate surface area is 180 Å². The van der Waals surface area contributed by atoms with E-state index in [1.54, 1.807) is 42.6 Å². The van der Waals surface area contributed by atoms with Crippen molar-refractivity contribution in [1.29, 1.82) is 0 Å². The number of ether oxygens (including phenoxy) is 1. The standard InChI is InChI=1S/C22H21FN4O3S/c23-19-5-1-16(2-6-19)17-3-7-20(8-4-17)31(28,29)27-14-18-13-24-22(25-21(18)15-27)26-9-11-30-12-10-26/h1-8,13H,9-12,14-15H2. The molecule has 160 valence electrons. The summed E-state index contributed by atoms with van der Waals surface area (Å²) >= 11 is 0. The summed E-state index contributed by atoms with van der Waals surface area (Å²) in [6, 6.07) is 12.7. The van der Waals surface area contributed by atoms with E-state index in [1.165, 1.54) is 16.4 Å². The Bertz CT molecular complexity index is 1190. The van der Waals surface area contributed by atoms with Crippen molar-refractivity contribution in [3.63, 3.8) is 0 Å². The van der Waals surface area contributed by atoms with Gasteiger partial charge in [-0.05, 0) is 35.4 Å². The lowest BCUT2D eigenvalue weighted by Gasteiger charge is -2.26. The average Bonchev–Trinajstić information content (AvgIpc) is 3.25. The molecule has 2 aromatic carbocycles. The molecule has 1 aromatic heterocycles. The van der Waals surface area contributed by atoms with Gasteiger partial charge in [0.2, 0.25) is 16.0 Å². The van der Waals surface area contributed by atoms with Gasteiger partial charge in [-0.2, -0.15) is 4.31 Å². The van der Waals surface area contributed by atoms with E-state index in [0.717, 1.165) is 35.5 Å². The monoisotopic (exact) mass is 440 g/mol. The van der Waals surface area contributed by atoms with Crippen LogP contribution in [0.25, 0.3) is 11.1 Å². The van der Waals surface area contributed by atoms with Crippen molar-refractivity contribution < 1.29 is 17.5 Å². The lowest BCUT2D eigenvalue weighted by Crippen LogP contribution is -2.37. The van der Waals surface area contributed by atoms with Gasteiger partial charge in [0, 0.05) is 31.4 Å². The third kappa shape index (κ3) is 3.91. The highest BCUT2D eigenvalue weighted by Crippen LogP contribution is 2.29. The second-order valence-electron chi connectivity index (χ2n) is 7.55. The highest BCUT2D eigenvalue weighted by Gasteiger charge is 2.32. The largest absolute Gasteiger partial charge is 0.378 e. The van der Waals surface area contributed by atoms with Crippen LogP contribution in [-0.4, -0.2) is 49.0 Å². The fraction of sp³-hybridized carbons (Fsp3) is 0.273. The molecule has 0 unspecified atom stereocenters. The quantitative estimate of drug-likeness (QED) is 0.621. The maximum absolute atomic E-state index is 13.2. The van der Waals surface area contributed by atoms with Gasteiger partial charge in [0.05, 0.1) is 30.3 Å². The number of rotatable bonds is 4. The van der Waals surface area contributed by atoms with E-state index in [9.17, 15) is 12.8 Å². The SMILES string of the molecule is O=S(=O)(c1ccc(-c2ccc(F)cc2)cc1)N1Cc2cnc(N3CCOCC3)nc2C1. The van der Waals surface area contributed by atoms with Gasteiger partial charge >= 0.3 is 0 Å². The third-order valence-corrected chi connectivity index (χ3v) is 7.38. The predicted molar refractivity (Wildman–Crippen MR) is 113 cm³/mol. The summed E-state index contributed by atoms with van der Waals surface area (Å²) in [6.07, 6.45) is 1.72. The van der Waals surface area contributed by atoms with Crippen molar-refractivity contribution in [2.24, 2.45) is 0 Å². The molecule has 0 N–H and O–H groups in total. The number of aromatic nitrogens is 2. The topological polar surface area (TPSA) is 75.6 Å². The molecule has 7 nitrogen and oxygen atoms in total. The van der Waals surface area contributed by atoms with Crippen molar-refractivity contribution >= 4 is 16.0 Å². The molecule has 3 heterocycles. The summed E-state index contributed by atoms with van der Waals surface area (Å²) < 4.78 is 46.3. The highest BCUT2D eigenvalue weighted by atomic mass is 32.2. The van der Waals surface area contributed by atoms with E-state index in [4.69, 9.17) is 4.74 Å². The summed E-state index contributed by atoms with van der Waals surface area (Å²) in [5, 5.41) is 0. The number of sulfonamides is 1. The van der Waals surface area contributed by atoms with E-state index in [-0.39, 0.29) is 23.8 Å². The zero-order valence-electron chi connectivity index (χ0n) is 16.7. The Morgan fingerprint density at radius 2 is 1.55 bits per heavy atom. The van der Waals surface area contributed by atoms with Crippen LogP contribution in [0, 0.1) is 5.82 Å². The predicted octanol–water partition coefficient (Wildman–Crippen LogP) is 2.82. The third-order valence-electron chi connectivity index (χ3n) is 5.58. The lowest BCUT2D eigenvalue weighted by atomic mass is 10.1. The zero-order chi connectivity index (χ0) is 21.4. The van der Waals surface area contributed by atoms with Crippen LogP contribution in [0.1, 0.15) is 11.3 Å². The van der Waals surface area contributed by atoms with Crippen molar-refractivity contribution in [2.45, 2.75) is 18.0 Å². The molecule has 1 fully saturated rings. The number of nitrogens with zero attached hydrogens (tertiary/aromatic N) is 4. The molecule has 5 rings (SSSR count). The van der Waals surface area contributed by atoms with E-state index in [0.29, 0.717) is 19.2 Å². The molecule has 0 amide bonds.